The Bertz CT molecular complexity index is 782. The van der Waals surface area contributed by atoms with E-state index in [0.717, 1.165) is 28.1 Å². The first-order valence-electron chi connectivity index (χ1n) is 6.82. The standard InChI is InChI=1S/C17H18N4/c1-21(2)14-7-3-12(4-8-14)5-10-17-19-15-9-6-13(18)11-16(15)20-17/h3-11H,18H2,1-2H3,(H,19,20)/b10-5+. The molecular formula is C17H18N4. The highest BCUT2D eigenvalue weighted by atomic mass is 15.1. The predicted molar refractivity (Wildman–Crippen MR) is 90.2 cm³/mol. The smallest absolute Gasteiger partial charge is 0.131 e. The minimum absolute atomic E-state index is 0.737. The molecule has 2 aromatic carbocycles. The van der Waals surface area contributed by atoms with E-state index in [1.54, 1.807) is 0 Å². The van der Waals surface area contributed by atoms with E-state index in [0.29, 0.717) is 0 Å². The number of nitrogens with two attached hydrogens (primary N) is 1. The highest BCUT2D eigenvalue weighted by Crippen LogP contribution is 2.17. The van der Waals surface area contributed by atoms with Gasteiger partial charge in [-0.2, -0.15) is 0 Å². The Labute approximate surface area is 123 Å². The molecule has 4 nitrogen and oxygen atoms in total. The third-order valence-electron chi connectivity index (χ3n) is 3.37. The van der Waals surface area contributed by atoms with Crippen LogP contribution in [0.2, 0.25) is 0 Å². The molecule has 4 heteroatoms. The molecule has 0 aliphatic heterocycles. The van der Waals surface area contributed by atoms with Crippen LogP contribution < -0.4 is 10.6 Å². The van der Waals surface area contributed by atoms with Crippen molar-refractivity contribution in [1.82, 2.24) is 9.97 Å². The molecule has 0 radical (unpaired) electrons. The van der Waals surface area contributed by atoms with Crippen molar-refractivity contribution in [3.8, 4) is 0 Å². The highest BCUT2D eigenvalue weighted by Gasteiger charge is 2.00. The summed E-state index contributed by atoms with van der Waals surface area (Å²) in [5.41, 5.74) is 10.7. The maximum Gasteiger partial charge on any atom is 0.131 e. The Balaban J connectivity index is 1.83. The molecule has 0 unspecified atom stereocenters. The Morgan fingerprint density at radius 1 is 1.05 bits per heavy atom. The summed E-state index contributed by atoms with van der Waals surface area (Å²) in [6, 6.07) is 14.0. The molecule has 0 aliphatic rings. The molecule has 0 saturated carbocycles. The summed E-state index contributed by atoms with van der Waals surface area (Å²) in [5.74, 6) is 0.826. The van der Waals surface area contributed by atoms with Crippen LogP contribution >= 0.6 is 0 Å². The van der Waals surface area contributed by atoms with Crippen molar-refractivity contribution in [3.05, 3.63) is 53.9 Å². The zero-order valence-corrected chi connectivity index (χ0v) is 12.2. The van der Waals surface area contributed by atoms with Gasteiger partial charge in [-0.3, -0.25) is 0 Å². The second-order valence-electron chi connectivity index (χ2n) is 5.22. The number of imidazole rings is 1. The van der Waals surface area contributed by atoms with Crippen LogP contribution in [0.5, 0.6) is 0 Å². The molecule has 0 atom stereocenters. The maximum absolute atomic E-state index is 5.77. The van der Waals surface area contributed by atoms with Gasteiger partial charge in [-0.15, -0.1) is 0 Å². The normalized spacial score (nSPS) is 11.3. The van der Waals surface area contributed by atoms with Gasteiger partial charge in [0, 0.05) is 25.5 Å². The van der Waals surface area contributed by atoms with Crippen LogP contribution in [0.4, 0.5) is 11.4 Å². The summed E-state index contributed by atoms with van der Waals surface area (Å²) in [4.78, 5) is 9.84. The highest BCUT2D eigenvalue weighted by molar-refractivity contribution is 5.81. The summed E-state index contributed by atoms with van der Waals surface area (Å²) in [6.07, 6.45) is 4.02. The molecular weight excluding hydrogens is 260 g/mol. The molecule has 0 amide bonds. The van der Waals surface area contributed by atoms with E-state index in [4.69, 9.17) is 5.73 Å². The first-order chi connectivity index (χ1) is 10.1. The van der Waals surface area contributed by atoms with Crippen LogP contribution in [0.1, 0.15) is 11.4 Å². The van der Waals surface area contributed by atoms with Crippen molar-refractivity contribution in [2.24, 2.45) is 0 Å². The Hall–Kier alpha value is -2.75. The van der Waals surface area contributed by atoms with Gasteiger partial charge >= 0.3 is 0 Å². The fraction of sp³-hybridized carbons (Fsp3) is 0.118. The van der Waals surface area contributed by atoms with Crippen molar-refractivity contribution < 1.29 is 0 Å². The number of hydrogen-bond acceptors (Lipinski definition) is 3. The number of rotatable bonds is 3. The molecule has 3 aromatic rings. The van der Waals surface area contributed by atoms with Crippen LogP contribution in [0.15, 0.2) is 42.5 Å². The molecule has 0 saturated heterocycles. The Kier molecular flexibility index (Phi) is 3.36. The fourth-order valence-corrected chi connectivity index (χ4v) is 2.18. The van der Waals surface area contributed by atoms with E-state index in [1.165, 1.54) is 5.69 Å². The van der Waals surface area contributed by atoms with Crippen molar-refractivity contribution in [1.29, 1.82) is 0 Å². The molecule has 3 N–H and O–H groups in total. The molecule has 106 valence electrons. The molecule has 0 spiro atoms. The molecule has 1 heterocycles. The van der Waals surface area contributed by atoms with Gasteiger partial charge in [-0.25, -0.2) is 4.98 Å². The average Bonchev–Trinajstić information content (AvgIpc) is 2.87. The predicted octanol–water partition coefficient (Wildman–Crippen LogP) is 3.38. The number of nitrogen functional groups attached to an aromatic ring is 1. The lowest BCUT2D eigenvalue weighted by Gasteiger charge is -2.11. The minimum Gasteiger partial charge on any atom is -0.399 e. The monoisotopic (exact) mass is 278 g/mol. The van der Waals surface area contributed by atoms with Gasteiger partial charge in [-0.1, -0.05) is 18.2 Å². The van der Waals surface area contributed by atoms with Gasteiger partial charge < -0.3 is 15.6 Å². The number of anilines is 2. The van der Waals surface area contributed by atoms with E-state index >= 15 is 0 Å². The lowest BCUT2D eigenvalue weighted by molar-refractivity contribution is 1.13. The number of aromatic nitrogens is 2. The van der Waals surface area contributed by atoms with Crippen LogP contribution in [-0.4, -0.2) is 24.1 Å². The lowest BCUT2D eigenvalue weighted by Crippen LogP contribution is -2.07. The number of nitrogens with zero attached hydrogens (tertiary/aromatic N) is 2. The van der Waals surface area contributed by atoms with Gasteiger partial charge in [0.15, 0.2) is 0 Å². The van der Waals surface area contributed by atoms with Gasteiger partial charge in [0.05, 0.1) is 11.0 Å². The molecule has 21 heavy (non-hydrogen) atoms. The van der Waals surface area contributed by atoms with Gasteiger partial charge in [0.25, 0.3) is 0 Å². The van der Waals surface area contributed by atoms with Gasteiger partial charge in [0.2, 0.25) is 0 Å². The average molecular weight is 278 g/mol. The lowest BCUT2D eigenvalue weighted by atomic mass is 10.2. The first-order valence-corrected chi connectivity index (χ1v) is 6.82. The fourth-order valence-electron chi connectivity index (χ4n) is 2.18. The maximum atomic E-state index is 5.77. The molecule has 0 bridgehead atoms. The van der Waals surface area contributed by atoms with Gasteiger partial charge in [-0.05, 0) is 42.0 Å². The van der Waals surface area contributed by atoms with Crippen LogP contribution in [-0.2, 0) is 0 Å². The van der Waals surface area contributed by atoms with Crippen molar-refractivity contribution in [2.75, 3.05) is 24.7 Å². The van der Waals surface area contributed by atoms with Crippen molar-refractivity contribution in [3.63, 3.8) is 0 Å². The van der Waals surface area contributed by atoms with E-state index in [1.807, 2.05) is 44.4 Å². The Morgan fingerprint density at radius 3 is 2.52 bits per heavy atom. The number of H-pyrrole nitrogens is 1. The SMILES string of the molecule is CN(C)c1ccc(/C=C/c2nc3ccc(N)cc3[nH]2)cc1. The Morgan fingerprint density at radius 2 is 1.81 bits per heavy atom. The molecule has 0 aliphatic carbocycles. The summed E-state index contributed by atoms with van der Waals surface area (Å²) in [7, 11) is 4.07. The third kappa shape index (κ3) is 2.89. The number of aromatic amines is 1. The summed E-state index contributed by atoms with van der Waals surface area (Å²) < 4.78 is 0. The minimum atomic E-state index is 0.737. The topological polar surface area (TPSA) is 57.9 Å². The number of hydrogen-bond donors (Lipinski definition) is 2. The zero-order valence-electron chi connectivity index (χ0n) is 12.2. The second-order valence-corrected chi connectivity index (χ2v) is 5.22. The quantitative estimate of drug-likeness (QED) is 0.722. The molecule has 1 aromatic heterocycles. The third-order valence-corrected chi connectivity index (χ3v) is 3.37. The van der Waals surface area contributed by atoms with Crippen molar-refractivity contribution >= 4 is 34.6 Å². The zero-order chi connectivity index (χ0) is 14.8. The summed E-state index contributed by atoms with van der Waals surface area (Å²) in [6.45, 7) is 0. The largest absolute Gasteiger partial charge is 0.399 e. The van der Waals surface area contributed by atoms with Crippen molar-refractivity contribution in [2.45, 2.75) is 0 Å². The second kappa shape index (κ2) is 5.32. The molecule has 3 rings (SSSR count). The summed E-state index contributed by atoms with van der Waals surface area (Å²) >= 11 is 0. The van der Waals surface area contributed by atoms with Crippen LogP contribution in [0.25, 0.3) is 23.2 Å². The first kappa shape index (κ1) is 13.2. The number of benzene rings is 2. The number of nitrogens with one attached hydrogen (secondary N) is 1. The van der Waals surface area contributed by atoms with E-state index in [2.05, 4.69) is 39.1 Å². The van der Waals surface area contributed by atoms with Gasteiger partial charge in [0.1, 0.15) is 5.82 Å². The molecule has 0 fully saturated rings. The number of fused-ring (bicyclic) bond motifs is 1. The van der Waals surface area contributed by atoms with Crippen LogP contribution in [0, 0.1) is 0 Å². The summed E-state index contributed by atoms with van der Waals surface area (Å²) in [5, 5.41) is 0. The van der Waals surface area contributed by atoms with Crippen LogP contribution in [0.3, 0.4) is 0 Å². The van der Waals surface area contributed by atoms with E-state index in [9.17, 15) is 0 Å². The van der Waals surface area contributed by atoms with E-state index in [-0.39, 0.29) is 0 Å². The van der Waals surface area contributed by atoms with E-state index < -0.39 is 0 Å².